The normalized spacial score (nSPS) is 12.1. The molecule has 0 radical (unpaired) electrons. The van der Waals surface area contributed by atoms with E-state index in [2.05, 4.69) is 0 Å². The van der Waals surface area contributed by atoms with Gasteiger partial charge in [0.15, 0.2) is 11.5 Å². The Morgan fingerprint density at radius 2 is 1.69 bits per heavy atom. The minimum atomic E-state index is -0.283. The molecule has 16 heavy (non-hydrogen) atoms. The Morgan fingerprint density at radius 1 is 1.06 bits per heavy atom. The maximum atomic E-state index is 5.88. The van der Waals surface area contributed by atoms with E-state index in [1.165, 1.54) is 0 Å². The van der Waals surface area contributed by atoms with E-state index in [1.54, 1.807) is 27.4 Å². The molecular weight excluding hydrogens is 208 g/mol. The van der Waals surface area contributed by atoms with Gasteiger partial charge in [-0.05, 0) is 12.1 Å². The van der Waals surface area contributed by atoms with E-state index in [0.717, 1.165) is 5.56 Å². The van der Waals surface area contributed by atoms with Crippen molar-refractivity contribution in [2.24, 2.45) is 11.5 Å². The first-order valence-corrected chi connectivity index (χ1v) is 4.94. The number of ether oxygens (including phenoxy) is 3. The zero-order valence-corrected chi connectivity index (χ0v) is 9.82. The van der Waals surface area contributed by atoms with Crippen LogP contribution in [0.2, 0.25) is 0 Å². The predicted molar refractivity (Wildman–Crippen MR) is 62.1 cm³/mol. The zero-order chi connectivity index (χ0) is 12.1. The quantitative estimate of drug-likeness (QED) is 0.771. The van der Waals surface area contributed by atoms with Crippen molar-refractivity contribution in [3.05, 3.63) is 17.7 Å². The van der Waals surface area contributed by atoms with Gasteiger partial charge >= 0.3 is 0 Å². The van der Waals surface area contributed by atoms with Crippen molar-refractivity contribution in [3.63, 3.8) is 0 Å². The minimum absolute atomic E-state index is 0.283. The Kier molecular flexibility index (Phi) is 4.39. The first-order valence-electron chi connectivity index (χ1n) is 4.94. The van der Waals surface area contributed by atoms with E-state index < -0.39 is 0 Å². The van der Waals surface area contributed by atoms with Crippen LogP contribution in [0, 0.1) is 0 Å². The van der Waals surface area contributed by atoms with Crippen LogP contribution in [-0.2, 0) is 0 Å². The number of rotatable bonds is 5. The van der Waals surface area contributed by atoms with Crippen LogP contribution >= 0.6 is 0 Å². The fourth-order valence-electron chi connectivity index (χ4n) is 1.54. The number of hydrogen-bond donors (Lipinski definition) is 2. The van der Waals surface area contributed by atoms with E-state index in [1.807, 2.05) is 6.07 Å². The molecule has 0 aliphatic rings. The number of hydrogen-bond acceptors (Lipinski definition) is 5. The molecule has 0 aromatic heterocycles. The van der Waals surface area contributed by atoms with Crippen LogP contribution in [0.4, 0.5) is 0 Å². The second-order valence-corrected chi connectivity index (χ2v) is 3.27. The molecule has 0 aliphatic heterocycles. The monoisotopic (exact) mass is 226 g/mol. The van der Waals surface area contributed by atoms with Gasteiger partial charge in [0.1, 0.15) is 0 Å². The average molecular weight is 226 g/mol. The summed E-state index contributed by atoms with van der Waals surface area (Å²) in [6.45, 7) is 0.339. The van der Waals surface area contributed by atoms with E-state index in [-0.39, 0.29) is 6.04 Å². The fraction of sp³-hybridized carbons (Fsp3) is 0.455. The molecule has 0 amide bonds. The summed E-state index contributed by atoms with van der Waals surface area (Å²) in [7, 11) is 4.68. The van der Waals surface area contributed by atoms with Crippen molar-refractivity contribution >= 4 is 0 Å². The average Bonchev–Trinajstić information content (AvgIpc) is 2.35. The first-order chi connectivity index (χ1) is 7.69. The largest absolute Gasteiger partial charge is 0.493 e. The third-order valence-corrected chi connectivity index (χ3v) is 2.39. The third kappa shape index (κ3) is 2.20. The maximum absolute atomic E-state index is 5.88. The Balaban J connectivity index is 3.31. The third-order valence-electron chi connectivity index (χ3n) is 2.39. The highest BCUT2D eigenvalue weighted by atomic mass is 16.5. The van der Waals surface area contributed by atoms with Gasteiger partial charge in [-0.15, -0.1) is 0 Å². The molecule has 0 unspecified atom stereocenters. The Bertz CT molecular complexity index is 355. The second-order valence-electron chi connectivity index (χ2n) is 3.27. The van der Waals surface area contributed by atoms with E-state index in [4.69, 9.17) is 25.7 Å². The lowest BCUT2D eigenvalue weighted by Crippen LogP contribution is -2.21. The molecule has 0 heterocycles. The van der Waals surface area contributed by atoms with Crippen molar-refractivity contribution in [1.82, 2.24) is 0 Å². The summed E-state index contributed by atoms with van der Waals surface area (Å²) in [5.41, 5.74) is 12.2. The Labute approximate surface area is 95.3 Å². The fourth-order valence-corrected chi connectivity index (χ4v) is 1.54. The van der Waals surface area contributed by atoms with Gasteiger partial charge in [0.2, 0.25) is 5.75 Å². The standard InChI is InChI=1S/C11H18N2O3/c1-14-9-5-4-7(8(13)6-12)10(15-2)11(9)16-3/h4-5,8H,6,12-13H2,1-3H3/t8-/m1/s1. The van der Waals surface area contributed by atoms with Crippen LogP contribution < -0.4 is 25.7 Å². The van der Waals surface area contributed by atoms with Gasteiger partial charge in [0, 0.05) is 18.2 Å². The molecule has 0 spiro atoms. The minimum Gasteiger partial charge on any atom is -0.493 e. The van der Waals surface area contributed by atoms with Crippen molar-refractivity contribution in [2.45, 2.75) is 6.04 Å². The number of nitrogens with two attached hydrogens (primary N) is 2. The molecule has 90 valence electrons. The molecule has 1 rings (SSSR count). The van der Waals surface area contributed by atoms with Gasteiger partial charge in [-0.25, -0.2) is 0 Å². The van der Waals surface area contributed by atoms with Crippen molar-refractivity contribution < 1.29 is 14.2 Å². The van der Waals surface area contributed by atoms with Crippen LogP contribution in [0.3, 0.4) is 0 Å². The van der Waals surface area contributed by atoms with Crippen molar-refractivity contribution in [2.75, 3.05) is 27.9 Å². The van der Waals surface area contributed by atoms with Crippen LogP contribution in [-0.4, -0.2) is 27.9 Å². The summed E-state index contributed by atoms with van der Waals surface area (Å²) >= 11 is 0. The van der Waals surface area contributed by atoms with E-state index >= 15 is 0 Å². The predicted octanol–water partition coefficient (Wildman–Crippen LogP) is 0.671. The van der Waals surface area contributed by atoms with Gasteiger partial charge in [-0.1, -0.05) is 0 Å². The summed E-state index contributed by atoms with van der Waals surface area (Å²) in [6.07, 6.45) is 0. The lowest BCUT2D eigenvalue weighted by atomic mass is 10.1. The van der Waals surface area contributed by atoms with E-state index in [9.17, 15) is 0 Å². The molecule has 0 saturated heterocycles. The first kappa shape index (κ1) is 12.6. The van der Waals surface area contributed by atoms with Gasteiger partial charge < -0.3 is 25.7 Å². The molecule has 0 fully saturated rings. The lowest BCUT2D eigenvalue weighted by molar-refractivity contribution is 0.321. The second kappa shape index (κ2) is 5.58. The highest BCUT2D eigenvalue weighted by Crippen LogP contribution is 2.41. The molecule has 1 atom stereocenters. The summed E-state index contributed by atoms with van der Waals surface area (Å²) < 4.78 is 15.7. The molecule has 4 N–H and O–H groups in total. The van der Waals surface area contributed by atoms with Crippen LogP contribution in [0.1, 0.15) is 11.6 Å². The molecule has 5 heteroatoms. The van der Waals surface area contributed by atoms with Crippen molar-refractivity contribution in [1.29, 1.82) is 0 Å². The Morgan fingerprint density at radius 3 is 2.12 bits per heavy atom. The molecule has 0 saturated carbocycles. The van der Waals surface area contributed by atoms with Gasteiger partial charge in [-0.3, -0.25) is 0 Å². The number of methoxy groups -OCH3 is 3. The maximum Gasteiger partial charge on any atom is 0.203 e. The Hall–Kier alpha value is -1.46. The van der Waals surface area contributed by atoms with Crippen LogP contribution in [0.5, 0.6) is 17.2 Å². The summed E-state index contributed by atoms with van der Waals surface area (Å²) in [4.78, 5) is 0. The molecular formula is C11H18N2O3. The SMILES string of the molecule is COc1ccc([C@H](N)CN)c(OC)c1OC. The van der Waals surface area contributed by atoms with Gasteiger partial charge in [0.05, 0.1) is 21.3 Å². The van der Waals surface area contributed by atoms with Gasteiger partial charge in [-0.2, -0.15) is 0 Å². The summed E-state index contributed by atoms with van der Waals surface area (Å²) in [6, 6.07) is 3.33. The van der Waals surface area contributed by atoms with Crippen molar-refractivity contribution in [3.8, 4) is 17.2 Å². The molecule has 1 aromatic rings. The summed E-state index contributed by atoms with van der Waals surface area (Å²) in [5, 5.41) is 0. The topological polar surface area (TPSA) is 79.7 Å². The van der Waals surface area contributed by atoms with Crippen LogP contribution in [0.25, 0.3) is 0 Å². The molecule has 0 aliphatic carbocycles. The van der Waals surface area contributed by atoms with Gasteiger partial charge in [0.25, 0.3) is 0 Å². The molecule has 0 bridgehead atoms. The lowest BCUT2D eigenvalue weighted by Gasteiger charge is -2.18. The van der Waals surface area contributed by atoms with E-state index in [0.29, 0.717) is 23.8 Å². The molecule has 5 nitrogen and oxygen atoms in total. The summed E-state index contributed by atoms with van der Waals surface area (Å²) in [5.74, 6) is 1.71. The highest BCUT2D eigenvalue weighted by Gasteiger charge is 2.18. The zero-order valence-electron chi connectivity index (χ0n) is 9.82. The number of benzene rings is 1. The van der Waals surface area contributed by atoms with Crippen LogP contribution in [0.15, 0.2) is 12.1 Å². The highest BCUT2D eigenvalue weighted by molar-refractivity contribution is 5.56. The molecule has 1 aromatic carbocycles. The smallest absolute Gasteiger partial charge is 0.203 e.